The molecule has 0 aliphatic rings. The molecule has 0 atom stereocenters. The lowest BCUT2D eigenvalue weighted by Crippen LogP contribution is -2.09. The minimum absolute atomic E-state index is 0.573. The molecule has 0 spiro atoms. The second kappa shape index (κ2) is 4.44. The smallest absolute Gasteiger partial charge is 0.151 e. The van der Waals surface area contributed by atoms with Crippen LogP contribution in [0.5, 0.6) is 0 Å². The largest absolute Gasteiger partial charge is 0.394 e. The summed E-state index contributed by atoms with van der Waals surface area (Å²) in [6, 6.07) is 0. The van der Waals surface area contributed by atoms with Gasteiger partial charge in [0.05, 0.1) is 17.9 Å². The molecule has 2 heterocycles. The quantitative estimate of drug-likeness (QED) is 0.796. The number of hydrogen-bond donors (Lipinski definition) is 2. The molecule has 7 heteroatoms. The minimum atomic E-state index is 0.573. The summed E-state index contributed by atoms with van der Waals surface area (Å²) < 4.78 is 3.62. The van der Waals surface area contributed by atoms with Gasteiger partial charge in [-0.1, -0.05) is 6.92 Å². The highest BCUT2D eigenvalue weighted by Gasteiger charge is 2.12. The predicted octanol–water partition coefficient (Wildman–Crippen LogP) is 0.305. The van der Waals surface area contributed by atoms with Crippen molar-refractivity contribution in [3.05, 3.63) is 17.8 Å². The first-order chi connectivity index (χ1) is 8.13. The Hall–Kier alpha value is -2.05. The molecule has 92 valence electrons. The topological polar surface area (TPSA) is 86.6 Å². The molecular weight excluding hydrogens is 218 g/mol. The second-order valence-corrected chi connectivity index (χ2v) is 3.90. The zero-order valence-corrected chi connectivity index (χ0v) is 10.3. The lowest BCUT2D eigenvalue weighted by Gasteiger charge is -2.06. The van der Waals surface area contributed by atoms with Gasteiger partial charge in [-0.3, -0.25) is 4.68 Å². The maximum absolute atomic E-state index is 6.00. The Labute approximate surface area is 99.6 Å². The Kier molecular flexibility index (Phi) is 2.99. The number of rotatable bonds is 4. The van der Waals surface area contributed by atoms with Gasteiger partial charge >= 0.3 is 0 Å². The van der Waals surface area contributed by atoms with E-state index in [2.05, 4.69) is 20.6 Å². The number of nitrogens with two attached hydrogens (primary N) is 1. The van der Waals surface area contributed by atoms with Crippen molar-refractivity contribution in [2.75, 3.05) is 11.1 Å². The van der Waals surface area contributed by atoms with Gasteiger partial charge in [-0.2, -0.15) is 5.10 Å². The molecule has 2 rings (SSSR count). The highest BCUT2D eigenvalue weighted by molar-refractivity contribution is 5.64. The number of aromatic nitrogens is 5. The second-order valence-electron chi connectivity index (χ2n) is 3.90. The Bertz CT molecular complexity index is 511. The molecule has 17 heavy (non-hydrogen) atoms. The van der Waals surface area contributed by atoms with Crippen molar-refractivity contribution in [2.24, 2.45) is 14.1 Å². The summed E-state index contributed by atoms with van der Waals surface area (Å²) in [6.45, 7) is 2.61. The van der Waals surface area contributed by atoms with Crippen LogP contribution in [0.2, 0.25) is 0 Å². The predicted molar refractivity (Wildman–Crippen MR) is 65.3 cm³/mol. The van der Waals surface area contributed by atoms with E-state index in [-0.39, 0.29) is 0 Å². The lowest BCUT2D eigenvalue weighted by atomic mass is 10.3. The van der Waals surface area contributed by atoms with Crippen molar-refractivity contribution in [2.45, 2.75) is 19.9 Å². The van der Waals surface area contributed by atoms with Gasteiger partial charge in [0.2, 0.25) is 0 Å². The molecule has 2 aromatic heterocycles. The van der Waals surface area contributed by atoms with E-state index in [1.54, 1.807) is 11.0 Å². The van der Waals surface area contributed by atoms with Gasteiger partial charge in [0, 0.05) is 14.1 Å². The fourth-order valence-corrected chi connectivity index (χ4v) is 1.70. The molecule has 0 bridgehead atoms. The molecule has 0 aliphatic carbocycles. The number of aryl methyl sites for hydroxylation is 3. The number of nitrogens with one attached hydrogen (secondary N) is 1. The molecule has 0 saturated heterocycles. The standard InChI is InChI=1S/C10H17N7/c1-4-7-9(11)10(17(3)15-7)12-5-8-14-13-6-16(8)2/h6,12H,4-5,11H2,1-3H3. The van der Waals surface area contributed by atoms with Crippen LogP contribution in [0.3, 0.4) is 0 Å². The maximum atomic E-state index is 6.00. The van der Waals surface area contributed by atoms with E-state index in [1.165, 1.54) is 0 Å². The highest BCUT2D eigenvalue weighted by Crippen LogP contribution is 2.22. The average molecular weight is 235 g/mol. The van der Waals surface area contributed by atoms with Gasteiger partial charge in [-0.25, -0.2) is 0 Å². The molecular formula is C10H17N7. The van der Waals surface area contributed by atoms with Gasteiger partial charge < -0.3 is 15.6 Å². The zero-order valence-electron chi connectivity index (χ0n) is 10.3. The van der Waals surface area contributed by atoms with Crippen LogP contribution in [0.15, 0.2) is 6.33 Å². The van der Waals surface area contributed by atoms with Crippen molar-refractivity contribution >= 4 is 11.5 Å². The lowest BCUT2D eigenvalue weighted by molar-refractivity contribution is 0.739. The van der Waals surface area contributed by atoms with Crippen molar-refractivity contribution in [3.8, 4) is 0 Å². The summed E-state index contributed by atoms with van der Waals surface area (Å²) in [7, 11) is 3.77. The van der Waals surface area contributed by atoms with E-state index in [4.69, 9.17) is 5.73 Å². The summed E-state index contributed by atoms with van der Waals surface area (Å²) >= 11 is 0. The van der Waals surface area contributed by atoms with E-state index < -0.39 is 0 Å². The Morgan fingerprint density at radius 2 is 2.18 bits per heavy atom. The summed E-state index contributed by atoms with van der Waals surface area (Å²) in [6.07, 6.45) is 2.49. The third-order valence-electron chi connectivity index (χ3n) is 2.71. The Morgan fingerprint density at radius 1 is 1.41 bits per heavy atom. The molecule has 0 fully saturated rings. The summed E-state index contributed by atoms with van der Waals surface area (Å²) in [5.41, 5.74) is 7.62. The first-order valence-corrected chi connectivity index (χ1v) is 5.51. The maximum Gasteiger partial charge on any atom is 0.151 e. The van der Waals surface area contributed by atoms with Crippen LogP contribution in [0.4, 0.5) is 11.5 Å². The first kappa shape index (κ1) is 11.4. The third kappa shape index (κ3) is 2.08. The summed E-state index contributed by atoms with van der Waals surface area (Å²) in [4.78, 5) is 0. The number of nitrogens with zero attached hydrogens (tertiary/aromatic N) is 5. The van der Waals surface area contributed by atoms with Crippen LogP contribution >= 0.6 is 0 Å². The fourth-order valence-electron chi connectivity index (χ4n) is 1.70. The van der Waals surface area contributed by atoms with Gasteiger partial charge in [0.25, 0.3) is 0 Å². The third-order valence-corrected chi connectivity index (χ3v) is 2.71. The van der Waals surface area contributed by atoms with Crippen LogP contribution in [-0.4, -0.2) is 24.5 Å². The number of hydrogen-bond acceptors (Lipinski definition) is 5. The highest BCUT2D eigenvalue weighted by atomic mass is 15.3. The van der Waals surface area contributed by atoms with Crippen LogP contribution in [-0.2, 0) is 27.1 Å². The molecule has 3 N–H and O–H groups in total. The normalized spacial score (nSPS) is 10.8. The van der Waals surface area contributed by atoms with E-state index in [1.807, 2.05) is 25.6 Å². The van der Waals surface area contributed by atoms with E-state index in [9.17, 15) is 0 Å². The van der Waals surface area contributed by atoms with Crippen molar-refractivity contribution in [3.63, 3.8) is 0 Å². The minimum Gasteiger partial charge on any atom is -0.394 e. The zero-order chi connectivity index (χ0) is 12.4. The van der Waals surface area contributed by atoms with Gasteiger partial charge in [0.15, 0.2) is 5.82 Å². The van der Waals surface area contributed by atoms with E-state index in [0.29, 0.717) is 12.2 Å². The van der Waals surface area contributed by atoms with Crippen molar-refractivity contribution in [1.82, 2.24) is 24.5 Å². The molecule has 7 nitrogen and oxygen atoms in total. The number of nitrogen functional groups attached to an aromatic ring is 1. The molecule has 0 saturated carbocycles. The van der Waals surface area contributed by atoms with Crippen LogP contribution in [0.25, 0.3) is 0 Å². The van der Waals surface area contributed by atoms with Crippen LogP contribution in [0, 0.1) is 0 Å². The summed E-state index contributed by atoms with van der Waals surface area (Å²) in [5.74, 6) is 1.67. The van der Waals surface area contributed by atoms with Crippen molar-refractivity contribution < 1.29 is 0 Å². The van der Waals surface area contributed by atoms with Crippen molar-refractivity contribution in [1.29, 1.82) is 0 Å². The van der Waals surface area contributed by atoms with E-state index >= 15 is 0 Å². The molecule has 0 radical (unpaired) electrons. The summed E-state index contributed by atoms with van der Waals surface area (Å²) in [5, 5.41) is 15.4. The number of anilines is 2. The monoisotopic (exact) mass is 235 g/mol. The molecule has 0 amide bonds. The average Bonchev–Trinajstić information content (AvgIpc) is 2.82. The van der Waals surface area contributed by atoms with Crippen LogP contribution < -0.4 is 11.1 Å². The fraction of sp³-hybridized carbons (Fsp3) is 0.500. The van der Waals surface area contributed by atoms with Gasteiger partial charge in [-0.15, -0.1) is 10.2 Å². The molecule has 2 aromatic rings. The Balaban J connectivity index is 2.14. The van der Waals surface area contributed by atoms with E-state index in [0.717, 1.165) is 23.8 Å². The van der Waals surface area contributed by atoms with Gasteiger partial charge in [0.1, 0.15) is 12.1 Å². The Morgan fingerprint density at radius 3 is 2.71 bits per heavy atom. The molecule has 0 aliphatic heterocycles. The molecule has 0 aromatic carbocycles. The SMILES string of the molecule is CCc1nn(C)c(NCc2nncn2C)c1N. The van der Waals surface area contributed by atoms with Gasteiger partial charge in [-0.05, 0) is 6.42 Å². The first-order valence-electron chi connectivity index (χ1n) is 5.51. The van der Waals surface area contributed by atoms with Crippen LogP contribution in [0.1, 0.15) is 18.4 Å². The molecule has 0 unspecified atom stereocenters.